The molecule has 0 saturated carbocycles. The first-order valence-corrected chi connectivity index (χ1v) is 6.52. The summed E-state index contributed by atoms with van der Waals surface area (Å²) in [5.41, 5.74) is 0. The van der Waals surface area contributed by atoms with Crippen LogP contribution in [0.1, 0.15) is 65.7 Å². The fraction of sp³-hybridized carbons (Fsp3) is 1.00. The number of aliphatic hydroxyl groups is 1. The van der Waals surface area contributed by atoms with Gasteiger partial charge in [0.25, 0.3) is 0 Å². The molecule has 1 N–H and O–H groups in total. The Balaban J connectivity index is 3.54. The van der Waals surface area contributed by atoms with Gasteiger partial charge in [-0.2, -0.15) is 0 Å². The van der Waals surface area contributed by atoms with Crippen molar-refractivity contribution in [3.63, 3.8) is 0 Å². The van der Waals surface area contributed by atoms with Crippen LogP contribution in [0.5, 0.6) is 0 Å². The average molecular weight is 216 g/mol. The molecule has 0 heterocycles. The zero-order chi connectivity index (χ0) is 11.5. The van der Waals surface area contributed by atoms with E-state index in [9.17, 15) is 5.11 Å². The van der Waals surface area contributed by atoms with Gasteiger partial charge < -0.3 is 9.84 Å². The van der Waals surface area contributed by atoms with Crippen LogP contribution < -0.4 is 0 Å². The van der Waals surface area contributed by atoms with Crippen molar-refractivity contribution in [2.75, 3.05) is 6.61 Å². The molecule has 2 unspecified atom stereocenters. The van der Waals surface area contributed by atoms with Gasteiger partial charge in [0.2, 0.25) is 0 Å². The van der Waals surface area contributed by atoms with Gasteiger partial charge in [0, 0.05) is 6.61 Å². The van der Waals surface area contributed by atoms with Crippen molar-refractivity contribution in [2.24, 2.45) is 0 Å². The first-order valence-electron chi connectivity index (χ1n) is 6.52. The summed E-state index contributed by atoms with van der Waals surface area (Å²) < 4.78 is 5.67. The summed E-state index contributed by atoms with van der Waals surface area (Å²) in [4.78, 5) is 0. The van der Waals surface area contributed by atoms with Crippen LogP contribution >= 0.6 is 0 Å². The summed E-state index contributed by atoms with van der Waals surface area (Å²) in [7, 11) is 0. The van der Waals surface area contributed by atoms with Gasteiger partial charge >= 0.3 is 0 Å². The van der Waals surface area contributed by atoms with E-state index in [1.54, 1.807) is 0 Å². The topological polar surface area (TPSA) is 29.5 Å². The summed E-state index contributed by atoms with van der Waals surface area (Å²) in [5.74, 6) is 0. The van der Waals surface area contributed by atoms with Gasteiger partial charge in [-0.15, -0.1) is 0 Å². The van der Waals surface area contributed by atoms with E-state index < -0.39 is 0 Å². The molecule has 0 radical (unpaired) electrons. The molecule has 0 saturated heterocycles. The van der Waals surface area contributed by atoms with E-state index in [2.05, 4.69) is 13.8 Å². The van der Waals surface area contributed by atoms with Crippen LogP contribution in [0.15, 0.2) is 0 Å². The first-order chi connectivity index (χ1) is 7.22. The quantitative estimate of drug-likeness (QED) is 0.566. The molecule has 15 heavy (non-hydrogen) atoms. The van der Waals surface area contributed by atoms with E-state index in [0.717, 1.165) is 25.9 Å². The van der Waals surface area contributed by atoms with Gasteiger partial charge in [0.1, 0.15) is 0 Å². The fourth-order valence-electron chi connectivity index (χ4n) is 1.62. The Morgan fingerprint density at radius 2 is 1.67 bits per heavy atom. The van der Waals surface area contributed by atoms with Crippen LogP contribution in [0.3, 0.4) is 0 Å². The molecule has 2 heteroatoms. The lowest BCUT2D eigenvalue weighted by molar-refractivity contribution is -0.0354. The predicted octanol–water partition coefficient (Wildman–Crippen LogP) is 3.52. The summed E-state index contributed by atoms with van der Waals surface area (Å²) in [6, 6.07) is 0. The highest BCUT2D eigenvalue weighted by molar-refractivity contribution is 4.64. The summed E-state index contributed by atoms with van der Waals surface area (Å²) >= 11 is 0. The Morgan fingerprint density at radius 1 is 1.00 bits per heavy atom. The van der Waals surface area contributed by atoms with Crippen molar-refractivity contribution in [3.05, 3.63) is 0 Å². The van der Waals surface area contributed by atoms with Gasteiger partial charge in [-0.25, -0.2) is 0 Å². The van der Waals surface area contributed by atoms with Gasteiger partial charge in [0.05, 0.1) is 12.2 Å². The van der Waals surface area contributed by atoms with Crippen LogP contribution in [0.4, 0.5) is 0 Å². The molecule has 92 valence electrons. The third-order valence-electron chi connectivity index (χ3n) is 2.71. The molecule has 2 nitrogen and oxygen atoms in total. The monoisotopic (exact) mass is 216 g/mol. The van der Waals surface area contributed by atoms with Crippen molar-refractivity contribution >= 4 is 0 Å². The molecule has 0 spiro atoms. The van der Waals surface area contributed by atoms with Crippen molar-refractivity contribution in [3.8, 4) is 0 Å². The lowest BCUT2D eigenvalue weighted by atomic mass is 10.1. The highest BCUT2D eigenvalue weighted by atomic mass is 16.5. The molecule has 0 aromatic carbocycles. The molecule has 2 atom stereocenters. The molecule has 0 amide bonds. The zero-order valence-electron chi connectivity index (χ0n) is 10.7. The van der Waals surface area contributed by atoms with Crippen LogP contribution in [-0.2, 0) is 4.74 Å². The van der Waals surface area contributed by atoms with Crippen LogP contribution in [0.2, 0.25) is 0 Å². The lowest BCUT2D eigenvalue weighted by Crippen LogP contribution is -2.26. The maximum Gasteiger partial charge on any atom is 0.0831 e. The average Bonchev–Trinajstić information content (AvgIpc) is 2.21. The summed E-state index contributed by atoms with van der Waals surface area (Å²) in [6.45, 7) is 6.99. The van der Waals surface area contributed by atoms with Gasteiger partial charge in [-0.05, 0) is 19.8 Å². The predicted molar refractivity (Wildman–Crippen MR) is 65.1 cm³/mol. The normalized spacial score (nSPS) is 15.2. The number of unbranched alkanes of at least 4 members (excludes halogenated alkanes) is 4. The third kappa shape index (κ3) is 8.88. The molecule has 0 aliphatic carbocycles. The first kappa shape index (κ1) is 14.9. The largest absolute Gasteiger partial charge is 0.391 e. The van der Waals surface area contributed by atoms with E-state index in [4.69, 9.17) is 4.74 Å². The number of aliphatic hydroxyl groups excluding tert-OH is 1. The highest BCUT2D eigenvalue weighted by Gasteiger charge is 2.14. The Bertz CT molecular complexity index is 124. The molecule has 0 bridgehead atoms. The highest BCUT2D eigenvalue weighted by Crippen LogP contribution is 2.12. The zero-order valence-corrected chi connectivity index (χ0v) is 10.7. The van der Waals surface area contributed by atoms with E-state index in [0.29, 0.717) is 0 Å². The molecule has 0 fully saturated rings. The number of ether oxygens (including phenoxy) is 1. The maximum absolute atomic E-state index is 9.54. The Kier molecular flexibility index (Phi) is 10.4. The second-order valence-electron chi connectivity index (χ2n) is 4.35. The molecule has 0 aromatic rings. The van der Waals surface area contributed by atoms with E-state index >= 15 is 0 Å². The fourth-order valence-corrected chi connectivity index (χ4v) is 1.62. The third-order valence-corrected chi connectivity index (χ3v) is 2.71. The Labute approximate surface area is 95.0 Å². The smallest absolute Gasteiger partial charge is 0.0831 e. The summed E-state index contributed by atoms with van der Waals surface area (Å²) in [5, 5.41) is 9.54. The van der Waals surface area contributed by atoms with Gasteiger partial charge in [-0.3, -0.25) is 0 Å². The van der Waals surface area contributed by atoms with E-state index in [-0.39, 0.29) is 12.2 Å². The van der Waals surface area contributed by atoms with Crippen LogP contribution in [-0.4, -0.2) is 23.9 Å². The summed E-state index contributed by atoms with van der Waals surface area (Å²) in [6.07, 6.45) is 7.96. The molecule has 0 aliphatic heterocycles. The molecule has 0 aliphatic rings. The molecule has 0 aromatic heterocycles. The second kappa shape index (κ2) is 10.4. The number of hydrogen-bond acceptors (Lipinski definition) is 2. The minimum atomic E-state index is -0.330. The van der Waals surface area contributed by atoms with Crippen molar-refractivity contribution in [2.45, 2.75) is 77.9 Å². The second-order valence-corrected chi connectivity index (χ2v) is 4.35. The van der Waals surface area contributed by atoms with E-state index in [1.165, 1.54) is 25.7 Å². The SMILES string of the molecule is CCCCCCC(OCCCC)C(C)O. The van der Waals surface area contributed by atoms with Crippen LogP contribution in [0.25, 0.3) is 0 Å². The minimum absolute atomic E-state index is 0.0495. The lowest BCUT2D eigenvalue weighted by Gasteiger charge is -2.20. The molecular weight excluding hydrogens is 188 g/mol. The van der Waals surface area contributed by atoms with Crippen molar-refractivity contribution in [1.82, 2.24) is 0 Å². The van der Waals surface area contributed by atoms with Crippen LogP contribution in [0, 0.1) is 0 Å². The van der Waals surface area contributed by atoms with Crippen molar-refractivity contribution in [1.29, 1.82) is 0 Å². The van der Waals surface area contributed by atoms with Gasteiger partial charge in [0.15, 0.2) is 0 Å². The van der Waals surface area contributed by atoms with E-state index in [1.807, 2.05) is 6.92 Å². The van der Waals surface area contributed by atoms with Gasteiger partial charge in [-0.1, -0.05) is 46.0 Å². The Morgan fingerprint density at radius 3 is 2.20 bits per heavy atom. The minimum Gasteiger partial charge on any atom is -0.391 e. The molecular formula is C13H28O2. The number of hydrogen-bond donors (Lipinski definition) is 1. The Hall–Kier alpha value is -0.0800. The maximum atomic E-state index is 9.54. The number of rotatable bonds is 10. The standard InChI is InChI=1S/C13H28O2/c1-4-6-8-9-10-13(12(3)14)15-11-7-5-2/h12-14H,4-11H2,1-3H3. The molecule has 0 rings (SSSR count). The van der Waals surface area contributed by atoms with Crippen molar-refractivity contribution < 1.29 is 9.84 Å².